The minimum atomic E-state index is -1.07. The molecule has 0 fully saturated rings. The lowest BCUT2D eigenvalue weighted by Gasteiger charge is -2.35. The van der Waals surface area contributed by atoms with Crippen LogP contribution in [0.15, 0.2) is 77.2 Å². The van der Waals surface area contributed by atoms with E-state index in [1.54, 1.807) is 61.5 Å². The van der Waals surface area contributed by atoms with Gasteiger partial charge < -0.3 is 15.1 Å². The molecule has 2 N–H and O–H groups in total. The standard InChI is InChI=1S/C26H20ClN3O4/c1-15-18-9-2-5-12-22(18)34-24(15)26(33)30-20-11-4-3-10-19(20)29-25(32)21(30)14-23(31)28-17-8-6-7-16(27)13-17/h2-13,21H,14H2,1H3,(H,28,31)(H,29,32). The normalized spacial score (nSPS) is 15.1. The van der Waals surface area contributed by atoms with Crippen LogP contribution < -0.4 is 15.5 Å². The number of furan rings is 1. The van der Waals surface area contributed by atoms with Crippen LogP contribution in [-0.4, -0.2) is 23.8 Å². The third kappa shape index (κ3) is 3.91. The summed E-state index contributed by atoms with van der Waals surface area (Å²) < 4.78 is 5.89. The summed E-state index contributed by atoms with van der Waals surface area (Å²) in [6, 6.07) is 20.0. The predicted octanol–water partition coefficient (Wildman–Crippen LogP) is 5.39. The van der Waals surface area contributed by atoms with Crippen molar-refractivity contribution in [2.45, 2.75) is 19.4 Å². The van der Waals surface area contributed by atoms with Gasteiger partial charge in [0.05, 0.1) is 17.8 Å². The van der Waals surface area contributed by atoms with Gasteiger partial charge in [-0.15, -0.1) is 0 Å². The molecule has 1 aliphatic rings. The molecule has 1 unspecified atom stereocenters. The van der Waals surface area contributed by atoms with Crippen molar-refractivity contribution in [1.29, 1.82) is 0 Å². The number of carbonyl (C=O) groups excluding carboxylic acids is 3. The Bertz CT molecular complexity index is 1450. The topological polar surface area (TPSA) is 91.7 Å². The molecule has 0 radical (unpaired) electrons. The van der Waals surface area contributed by atoms with E-state index >= 15 is 0 Å². The maximum atomic E-state index is 13.8. The highest BCUT2D eigenvalue weighted by atomic mass is 35.5. The van der Waals surface area contributed by atoms with Crippen molar-refractivity contribution in [3.05, 3.63) is 89.1 Å². The highest BCUT2D eigenvalue weighted by molar-refractivity contribution is 6.31. The van der Waals surface area contributed by atoms with Crippen LogP contribution in [0.3, 0.4) is 0 Å². The lowest BCUT2D eigenvalue weighted by molar-refractivity contribution is -0.122. The van der Waals surface area contributed by atoms with Crippen LogP contribution in [0.1, 0.15) is 22.5 Å². The fraction of sp³-hybridized carbons (Fsp3) is 0.115. The molecule has 2 heterocycles. The molecule has 0 aliphatic carbocycles. The minimum Gasteiger partial charge on any atom is -0.451 e. The van der Waals surface area contributed by atoms with Crippen molar-refractivity contribution in [3.63, 3.8) is 0 Å². The van der Waals surface area contributed by atoms with Gasteiger partial charge in [-0.2, -0.15) is 0 Å². The van der Waals surface area contributed by atoms with E-state index in [0.29, 0.717) is 33.2 Å². The Morgan fingerprint density at radius 1 is 1.06 bits per heavy atom. The van der Waals surface area contributed by atoms with Crippen LogP contribution in [0.2, 0.25) is 5.02 Å². The molecule has 0 spiro atoms. The first-order chi connectivity index (χ1) is 16.4. The largest absolute Gasteiger partial charge is 0.451 e. The highest BCUT2D eigenvalue weighted by Gasteiger charge is 2.40. The van der Waals surface area contributed by atoms with Crippen LogP contribution in [0.25, 0.3) is 11.0 Å². The number of fused-ring (bicyclic) bond motifs is 2. The van der Waals surface area contributed by atoms with Crippen molar-refractivity contribution in [2.75, 3.05) is 15.5 Å². The van der Waals surface area contributed by atoms with Crippen LogP contribution in [-0.2, 0) is 9.59 Å². The van der Waals surface area contributed by atoms with Crippen molar-refractivity contribution in [3.8, 4) is 0 Å². The zero-order chi connectivity index (χ0) is 23.8. The molecule has 34 heavy (non-hydrogen) atoms. The van der Waals surface area contributed by atoms with Gasteiger partial charge in [-0.05, 0) is 43.3 Å². The predicted molar refractivity (Wildman–Crippen MR) is 131 cm³/mol. The van der Waals surface area contributed by atoms with Crippen LogP contribution in [0, 0.1) is 6.92 Å². The number of nitrogens with zero attached hydrogens (tertiary/aromatic N) is 1. The van der Waals surface area contributed by atoms with Crippen molar-refractivity contribution < 1.29 is 18.8 Å². The van der Waals surface area contributed by atoms with E-state index in [1.165, 1.54) is 4.90 Å². The Kier molecular flexibility index (Phi) is 5.55. The van der Waals surface area contributed by atoms with Crippen molar-refractivity contribution in [2.24, 2.45) is 0 Å². The molecule has 8 heteroatoms. The Morgan fingerprint density at radius 2 is 1.82 bits per heavy atom. The molecule has 170 valence electrons. The van der Waals surface area contributed by atoms with Gasteiger partial charge in [0.25, 0.3) is 5.91 Å². The number of para-hydroxylation sites is 3. The SMILES string of the molecule is Cc1c(C(=O)N2c3ccccc3NC(=O)C2CC(=O)Nc2cccc(Cl)c2)oc2ccccc12. The van der Waals surface area contributed by atoms with Crippen molar-refractivity contribution >= 4 is 57.4 Å². The fourth-order valence-electron chi connectivity index (χ4n) is 4.17. The molecular weight excluding hydrogens is 454 g/mol. The first-order valence-electron chi connectivity index (χ1n) is 10.7. The van der Waals surface area contributed by atoms with Crippen molar-refractivity contribution in [1.82, 2.24) is 0 Å². The summed E-state index contributed by atoms with van der Waals surface area (Å²) in [6.45, 7) is 1.80. The van der Waals surface area contributed by atoms with E-state index in [9.17, 15) is 14.4 Å². The molecule has 3 amide bonds. The summed E-state index contributed by atoms with van der Waals surface area (Å²) in [7, 11) is 0. The van der Waals surface area contributed by atoms with Crippen LogP contribution >= 0.6 is 11.6 Å². The molecule has 0 bridgehead atoms. The summed E-state index contributed by atoms with van der Waals surface area (Å²) in [5.74, 6) is -1.24. The summed E-state index contributed by atoms with van der Waals surface area (Å²) in [4.78, 5) is 41.1. The molecule has 4 aromatic rings. The van der Waals surface area contributed by atoms with E-state index in [2.05, 4.69) is 10.6 Å². The van der Waals surface area contributed by atoms with E-state index in [-0.39, 0.29) is 12.2 Å². The summed E-state index contributed by atoms with van der Waals surface area (Å²) in [5, 5.41) is 6.83. The van der Waals surface area contributed by atoms with Gasteiger partial charge in [0.2, 0.25) is 11.8 Å². The maximum absolute atomic E-state index is 13.8. The van der Waals surface area contributed by atoms with Gasteiger partial charge in [-0.25, -0.2) is 0 Å². The maximum Gasteiger partial charge on any atom is 0.295 e. The van der Waals surface area contributed by atoms with Gasteiger partial charge >= 0.3 is 0 Å². The average Bonchev–Trinajstić information content (AvgIpc) is 3.16. The number of benzene rings is 3. The number of nitrogens with one attached hydrogen (secondary N) is 2. The monoisotopic (exact) mass is 473 g/mol. The molecule has 5 rings (SSSR count). The van der Waals surface area contributed by atoms with E-state index < -0.39 is 23.8 Å². The average molecular weight is 474 g/mol. The van der Waals surface area contributed by atoms with Crippen LogP contribution in [0.5, 0.6) is 0 Å². The van der Waals surface area contributed by atoms with Gasteiger partial charge in [0.1, 0.15) is 11.6 Å². The number of hydrogen-bond donors (Lipinski definition) is 2. The Labute approximate surface area is 200 Å². The summed E-state index contributed by atoms with van der Waals surface area (Å²) in [6.07, 6.45) is -0.252. The number of halogens is 1. The Balaban J connectivity index is 1.52. The highest BCUT2D eigenvalue weighted by Crippen LogP contribution is 2.36. The first kappa shape index (κ1) is 21.7. The third-order valence-electron chi connectivity index (χ3n) is 5.78. The molecule has 3 aromatic carbocycles. The second-order valence-electron chi connectivity index (χ2n) is 8.01. The number of anilines is 3. The first-order valence-corrected chi connectivity index (χ1v) is 11.1. The van der Waals surface area contributed by atoms with E-state index in [0.717, 1.165) is 5.39 Å². The molecule has 1 atom stereocenters. The van der Waals surface area contributed by atoms with Gasteiger partial charge in [0, 0.05) is 21.7 Å². The number of aryl methyl sites for hydroxylation is 1. The van der Waals surface area contributed by atoms with Crippen LogP contribution in [0.4, 0.5) is 17.1 Å². The molecule has 1 aliphatic heterocycles. The minimum absolute atomic E-state index is 0.131. The smallest absolute Gasteiger partial charge is 0.295 e. The van der Waals surface area contributed by atoms with Gasteiger partial charge in [0.15, 0.2) is 5.76 Å². The second-order valence-corrected chi connectivity index (χ2v) is 8.45. The molecule has 1 aromatic heterocycles. The molecule has 0 saturated carbocycles. The zero-order valence-electron chi connectivity index (χ0n) is 18.2. The van der Waals surface area contributed by atoms with Gasteiger partial charge in [-0.3, -0.25) is 19.3 Å². The summed E-state index contributed by atoms with van der Waals surface area (Å²) in [5.41, 5.74) is 2.73. The van der Waals surface area contributed by atoms with E-state index in [1.807, 2.05) is 18.2 Å². The second kappa shape index (κ2) is 8.68. The molecule has 0 saturated heterocycles. The fourth-order valence-corrected chi connectivity index (χ4v) is 4.36. The number of rotatable bonds is 4. The Hall–Kier alpha value is -4.10. The van der Waals surface area contributed by atoms with E-state index in [4.69, 9.17) is 16.0 Å². The zero-order valence-corrected chi connectivity index (χ0v) is 18.9. The lowest BCUT2D eigenvalue weighted by Crippen LogP contribution is -2.52. The summed E-state index contributed by atoms with van der Waals surface area (Å²) >= 11 is 6.00. The quantitative estimate of drug-likeness (QED) is 0.415. The third-order valence-corrected chi connectivity index (χ3v) is 6.01. The number of amides is 3. The Morgan fingerprint density at radius 3 is 2.62 bits per heavy atom. The lowest BCUT2D eigenvalue weighted by atomic mass is 10.0. The molecule has 7 nitrogen and oxygen atoms in total. The molecular formula is C26H20ClN3O4. The number of carbonyl (C=O) groups is 3. The number of hydrogen-bond acceptors (Lipinski definition) is 4. The van der Waals surface area contributed by atoms with Gasteiger partial charge in [-0.1, -0.05) is 48.0 Å².